The predicted octanol–water partition coefficient (Wildman–Crippen LogP) is 3.89. The summed E-state index contributed by atoms with van der Waals surface area (Å²) in [5.74, 6) is 1.05. The molecule has 2 nitrogen and oxygen atoms in total. The maximum atomic E-state index is 6.36. The molecule has 0 amide bonds. The Balaban J connectivity index is 1.58. The highest BCUT2D eigenvalue weighted by Gasteiger charge is 2.32. The van der Waals surface area contributed by atoms with Gasteiger partial charge in [0.15, 0.2) is 0 Å². The highest BCUT2D eigenvalue weighted by atomic mass is 16.5. The summed E-state index contributed by atoms with van der Waals surface area (Å²) in [6, 6.07) is 16.2. The Labute approximate surface area is 120 Å². The summed E-state index contributed by atoms with van der Waals surface area (Å²) in [6.45, 7) is 0. The van der Waals surface area contributed by atoms with E-state index < -0.39 is 0 Å². The van der Waals surface area contributed by atoms with E-state index in [1.165, 1.54) is 30.0 Å². The SMILES string of the molecule is c1ccc2c(OC3CC4CCCC(C3)N4)cccc2c1. The van der Waals surface area contributed by atoms with Crippen LogP contribution < -0.4 is 10.1 Å². The Bertz CT molecular complexity index is 592. The van der Waals surface area contributed by atoms with Crippen molar-refractivity contribution in [1.82, 2.24) is 5.32 Å². The quantitative estimate of drug-likeness (QED) is 0.891. The minimum atomic E-state index is 0.373. The summed E-state index contributed by atoms with van der Waals surface area (Å²) >= 11 is 0. The molecule has 104 valence electrons. The van der Waals surface area contributed by atoms with E-state index in [1.807, 2.05) is 0 Å². The standard InChI is InChI=1S/C18H21NO/c1-2-9-17-13(5-1)6-3-10-18(17)20-16-11-14-7-4-8-15(12-16)19-14/h1-3,5-6,9-10,14-16,19H,4,7-8,11-12H2. The van der Waals surface area contributed by atoms with Crippen molar-refractivity contribution >= 4 is 10.8 Å². The first-order chi connectivity index (χ1) is 9.88. The fourth-order valence-electron chi connectivity index (χ4n) is 3.79. The maximum absolute atomic E-state index is 6.36. The van der Waals surface area contributed by atoms with E-state index in [1.54, 1.807) is 0 Å². The molecule has 4 rings (SSSR count). The third-order valence-electron chi connectivity index (χ3n) is 4.71. The van der Waals surface area contributed by atoms with Crippen molar-refractivity contribution in [3.8, 4) is 5.75 Å². The predicted molar refractivity (Wildman–Crippen MR) is 82.2 cm³/mol. The molecular formula is C18H21NO. The smallest absolute Gasteiger partial charge is 0.127 e. The van der Waals surface area contributed by atoms with Gasteiger partial charge < -0.3 is 10.1 Å². The number of ether oxygens (including phenoxy) is 1. The van der Waals surface area contributed by atoms with Gasteiger partial charge in [0.1, 0.15) is 11.9 Å². The summed E-state index contributed by atoms with van der Waals surface area (Å²) < 4.78 is 6.36. The van der Waals surface area contributed by atoms with Gasteiger partial charge in [0.05, 0.1) is 0 Å². The zero-order valence-corrected chi connectivity index (χ0v) is 11.7. The van der Waals surface area contributed by atoms with Crippen LogP contribution in [0, 0.1) is 0 Å². The van der Waals surface area contributed by atoms with Crippen molar-refractivity contribution in [2.24, 2.45) is 0 Å². The summed E-state index contributed by atoms with van der Waals surface area (Å²) in [5.41, 5.74) is 0. The van der Waals surface area contributed by atoms with Gasteiger partial charge in [-0.05, 0) is 37.1 Å². The molecule has 2 aromatic rings. The molecule has 1 N–H and O–H groups in total. The summed E-state index contributed by atoms with van der Waals surface area (Å²) in [4.78, 5) is 0. The Morgan fingerprint density at radius 1 is 0.900 bits per heavy atom. The second-order valence-electron chi connectivity index (χ2n) is 6.18. The van der Waals surface area contributed by atoms with Crippen molar-refractivity contribution in [3.05, 3.63) is 42.5 Å². The van der Waals surface area contributed by atoms with Crippen molar-refractivity contribution in [2.45, 2.75) is 50.3 Å². The largest absolute Gasteiger partial charge is 0.490 e. The van der Waals surface area contributed by atoms with Crippen LogP contribution in [0.1, 0.15) is 32.1 Å². The first-order valence-electron chi connectivity index (χ1n) is 7.79. The number of hydrogen-bond acceptors (Lipinski definition) is 2. The second kappa shape index (κ2) is 5.10. The molecule has 2 aliphatic rings. The van der Waals surface area contributed by atoms with Crippen LogP contribution in [0.4, 0.5) is 0 Å². The molecule has 0 radical (unpaired) electrons. The number of rotatable bonds is 2. The molecule has 2 aliphatic heterocycles. The average molecular weight is 267 g/mol. The monoisotopic (exact) mass is 267 g/mol. The van der Waals surface area contributed by atoms with E-state index in [-0.39, 0.29) is 0 Å². The van der Waals surface area contributed by atoms with Crippen LogP contribution in [0.25, 0.3) is 10.8 Å². The van der Waals surface area contributed by atoms with Crippen LogP contribution in [0.5, 0.6) is 5.75 Å². The lowest BCUT2D eigenvalue weighted by atomic mass is 9.85. The van der Waals surface area contributed by atoms with Crippen molar-refractivity contribution in [3.63, 3.8) is 0 Å². The minimum Gasteiger partial charge on any atom is -0.490 e. The molecule has 2 saturated heterocycles. The highest BCUT2D eigenvalue weighted by molar-refractivity contribution is 5.88. The van der Waals surface area contributed by atoms with E-state index in [0.717, 1.165) is 18.6 Å². The molecule has 2 fully saturated rings. The molecule has 2 heteroatoms. The molecule has 2 atom stereocenters. The van der Waals surface area contributed by atoms with Crippen LogP contribution in [-0.2, 0) is 0 Å². The molecule has 0 saturated carbocycles. The lowest BCUT2D eigenvalue weighted by molar-refractivity contribution is 0.0940. The molecule has 2 bridgehead atoms. The van der Waals surface area contributed by atoms with Gasteiger partial charge in [0, 0.05) is 17.5 Å². The Morgan fingerprint density at radius 3 is 2.50 bits per heavy atom. The zero-order chi connectivity index (χ0) is 13.4. The van der Waals surface area contributed by atoms with Crippen LogP contribution >= 0.6 is 0 Å². The number of hydrogen-bond donors (Lipinski definition) is 1. The van der Waals surface area contributed by atoms with E-state index in [0.29, 0.717) is 18.2 Å². The normalized spacial score (nSPS) is 29.3. The summed E-state index contributed by atoms with van der Waals surface area (Å²) in [5, 5.41) is 6.22. The van der Waals surface area contributed by atoms with E-state index in [4.69, 9.17) is 4.74 Å². The van der Waals surface area contributed by atoms with Crippen LogP contribution in [-0.4, -0.2) is 18.2 Å². The molecule has 0 aromatic heterocycles. The molecule has 20 heavy (non-hydrogen) atoms. The van der Waals surface area contributed by atoms with Crippen molar-refractivity contribution in [1.29, 1.82) is 0 Å². The van der Waals surface area contributed by atoms with Gasteiger partial charge in [-0.3, -0.25) is 0 Å². The lowest BCUT2D eigenvalue weighted by Gasteiger charge is -2.40. The summed E-state index contributed by atoms with van der Waals surface area (Å²) in [7, 11) is 0. The second-order valence-corrected chi connectivity index (χ2v) is 6.18. The number of benzene rings is 2. The number of fused-ring (bicyclic) bond motifs is 3. The molecule has 2 unspecified atom stereocenters. The fraction of sp³-hybridized carbons (Fsp3) is 0.444. The molecule has 2 heterocycles. The zero-order valence-electron chi connectivity index (χ0n) is 11.7. The number of nitrogens with one attached hydrogen (secondary N) is 1. The van der Waals surface area contributed by atoms with Gasteiger partial charge in [-0.15, -0.1) is 0 Å². The molecule has 0 aliphatic carbocycles. The van der Waals surface area contributed by atoms with Crippen LogP contribution in [0.15, 0.2) is 42.5 Å². The van der Waals surface area contributed by atoms with E-state index in [2.05, 4.69) is 47.8 Å². The molecular weight excluding hydrogens is 246 g/mol. The Morgan fingerprint density at radius 2 is 1.65 bits per heavy atom. The van der Waals surface area contributed by atoms with Gasteiger partial charge in [0.25, 0.3) is 0 Å². The third kappa shape index (κ3) is 2.29. The Kier molecular flexibility index (Phi) is 3.12. The van der Waals surface area contributed by atoms with E-state index >= 15 is 0 Å². The van der Waals surface area contributed by atoms with Gasteiger partial charge in [0.2, 0.25) is 0 Å². The highest BCUT2D eigenvalue weighted by Crippen LogP contribution is 2.31. The fourth-order valence-corrected chi connectivity index (χ4v) is 3.79. The summed E-state index contributed by atoms with van der Waals surface area (Å²) in [6.07, 6.45) is 6.68. The minimum absolute atomic E-state index is 0.373. The van der Waals surface area contributed by atoms with Crippen molar-refractivity contribution < 1.29 is 4.74 Å². The lowest BCUT2D eigenvalue weighted by Crippen LogP contribution is -2.51. The van der Waals surface area contributed by atoms with E-state index in [9.17, 15) is 0 Å². The third-order valence-corrected chi connectivity index (χ3v) is 4.71. The topological polar surface area (TPSA) is 21.3 Å². The maximum Gasteiger partial charge on any atom is 0.127 e. The first kappa shape index (κ1) is 12.2. The Hall–Kier alpha value is -1.54. The molecule has 2 aromatic carbocycles. The van der Waals surface area contributed by atoms with Crippen molar-refractivity contribution in [2.75, 3.05) is 0 Å². The van der Waals surface area contributed by atoms with Gasteiger partial charge in [-0.25, -0.2) is 0 Å². The average Bonchev–Trinajstić information content (AvgIpc) is 2.47. The van der Waals surface area contributed by atoms with Gasteiger partial charge in [-0.2, -0.15) is 0 Å². The van der Waals surface area contributed by atoms with Crippen LogP contribution in [0.3, 0.4) is 0 Å². The molecule has 0 spiro atoms. The number of piperidine rings is 2. The van der Waals surface area contributed by atoms with Crippen LogP contribution in [0.2, 0.25) is 0 Å². The first-order valence-corrected chi connectivity index (χ1v) is 7.79. The van der Waals surface area contributed by atoms with Gasteiger partial charge >= 0.3 is 0 Å². The van der Waals surface area contributed by atoms with Gasteiger partial charge in [-0.1, -0.05) is 42.8 Å².